The lowest BCUT2D eigenvalue weighted by atomic mass is 10.2. The highest BCUT2D eigenvalue weighted by molar-refractivity contribution is 5.74. The second-order valence-corrected chi connectivity index (χ2v) is 2.99. The van der Waals surface area contributed by atoms with Crippen LogP contribution in [0, 0.1) is 0 Å². The fraction of sp³-hybridized carbons (Fsp3) is 0.875. The number of morpholine rings is 1. The van der Waals surface area contributed by atoms with E-state index in [1.807, 2.05) is 6.92 Å². The number of hydrogen-bond donors (Lipinski definition) is 2. The summed E-state index contributed by atoms with van der Waals surface area (Å²) >= 11 is 0. The van der Waals surface area contributed by atoms with E-state index in [9.17, 15) is 4.79 Å². The number of nitrogens with one attached hydrogen (secondary N) is 1. The first kappa shape index (κ1) is 10.3. The summed E-state index contributed by atoms with van der Waals surface area (Å²) in [4.78, 5) is 13.2. The van der Waals surface area contributed by atoms with E-state index in [0.717, 1.165) is 0 Å². The Labute approximate surface area is 78.2 Å². The van der Waals surface area contributed by atoms with Crippen molar-refractivity contribution >= 4 is 6.03 Å². The highest BCUT2D eigenvalue weighted by Gasteiger charge is 2.25. The highest BCUT2D eigenvalue weighted by atomic mass is 16.5. The molecule has 0 aromatic rings. The average molecular weight is 187 g/mol. The standard InChI is InChI=1S/C8H17N3O2/c1-2-10-8(12)11-3-4-13-6-7(11)5-9/h7H,2-6,9H2,1H3,(H,10,12). The Morgan fingerprint density at radius 1 is 1.77 bits per heavy atom. The highest BCUT2D eigenvalue weighted by Crippen LogP contribution is 2.05. The van der Waals surface area contributed by atoms with E-state index in [-0.39, 0.29) is 12.1 Å². The fourth-order valence-electron chi connectivity index (χ4n) is 1.37. The van der Waals surface area contributed by atoms with Crippen LogP contribution in [0.5, 0.6) is 0 Å². The van der Waals surface area contributed by atoms with Crippen molar-refractivity contribution in [2.24, 2.45) is 5.73 Å². The number of rotatable bonds is 2. The van der Waals surface area contributed by atoms with Crippen molar-refractivity contribution in [3.8, 4) is 0 Å². The molecule has 1 unspecified atom stereocenters. The Bertz CT molecular complexity index is 175. The maximum atomic E-state index is 11.5. The zero-order valence-electron chi connectivity index (χ0n) is 7.95. The third-order valence-electron chi connectivity index (χ3n) is 2.09. The van der Waals surface area contributed by atoms with Gasteiger partial charge in [-0.1, -0.05) is 0 Å². The zero-order valence-corrected chi connectivity index (χ0v) is 7.95. The minimum Gasteiger partial charge on any atom is -0.377 e. The van der Waals surface area contributed by atoms with Gasteiger partial charge in [-0.15, -0.1) is 0 Å². The Morgan fingerprint density at radius 2 is 2.54 bits per heavy atom. The number of ether oxygens (including phenoxy) is 1. The second-order valence-electron chi connectivity index (χ2n) is 2.99. The van der Waals surface area contributed by atoms with E-state index in [0.29, 0.717) is 32.8 Å². The minimum absolute atomic E-state index is 0.0281. The van der Waals surface area contributed by atoms with Crippen molar-refractivity contribution in [3.05, 3.63) is 0 Å². The third-order valence-corrected chi connectivity index (χ3v) is 2.09. The molecule has 0 saturated carbocycles. The molecule has 0 aromatic carbocycles. The second kappa shape index (κ2) is 5.04. The summed E-state index contributed by atoms with van der Waals surface area (Å²) in [6, 6.07) is -0.0125. The predicted octanol–water partition coefficient (Wildman–Crippen LogP) is -0.625. The molecular formula is C8H17N3O2. The molecule has 1 heterocycles. The SMILES string of the molecule is CCNC(=O)N1CCOCC1CN. The number of amides is 2. The van der Waals surface area contributed by atoms with E-state index < -0.39 is 0 Å². The van der Waals surface area contributed by atoms with Gasteiger partial charge in [-0.3, -0.25) is 0 Å². The van der Waals surface area contributed by atoms with Gasteiger partial charge in [-0.2, -0.15) is 0 Å². The molecule has 1 atom stereocenters. The number of hydrogen-bond acceptors (Lipinski definition) is 3. The van der Waals surface area contributed by atoms with Gasteiger partial charge in [0.2, 0.25) is 0 Å². The first-order chi connectivity index (χ1) is 6.29. The first-order valence-corrected chi connectivity index (χ1v) is 4.61. The molecule has 1 fully saturated rings. The monoisotopic (exact) mass is 187 g/mol. The molecule has 76 valence electrons. The van der Waals surface area contributed by atoms with Gasteiger partial charge >= 0.3 is 6.03 Å². The number of urea groups is 1. The van der Waals surface area contributed by atoms with Crippen LogP contribution in [0.3, 0.4) is 0 Å². The van der Waals surface area contributed by atoms with Crippen LogP contribution in [0.4, 0.5) is 4.79 Å². The molecule has 0 bridgehead atoms. The molecule has 1 rings (SSSR count). The molecule has 3 N–H and O–H groups in total. The van der Waals surface area contributed by atoms with Gasteiger partial charge < -0.3 is 20.7 Å². The average Bonchev–Trinajstić information content (AvgIpc) is 2.18. The van der Waals surface area contributed by atoms with Gasteiger partial charge in [0, 0.05) is 19.6 Å². The summed E-state index contributed by atoms with van der Waals surface area (Å²) in [5.74, 6) is 0. The van der Waals surface area contributed by atoms with Crippen LogP contribution in [0.15, 0.2) is 0 Å². The summed E-state index contributed by atoms with van der Waals surface area (Å²) in [7, 11) is 0. The summed E-state index contributed by atoms with van der Waals surface area (Å²) in [5.41, 5.74) is 5.53. The molecule has 0 spiro atoms. The molecular weight excluding hydrogens is 170 g/mol. The molecule has 13 heavy (non-hydrogen) atoms. The van der Waals surface area contributed by atoms with Gasteiger partial charge in [-0.25, -0.2) is 4.79 Å². The van der Waals surface area contributed by atoms with E-state index in [2.05, 4.69) is 5.32 Å². The number of carbonyl (C=O) groups is 1. The van der Waals surface area contributed by atoms with Crippen LogP contribution in [0.2, 0.25) is 0 Å². The van der Waals surface area contributed by atoms with Gasteiger partial charge in [0.1, 0.15) is 0 Å². The quantitative estimate of drug-likeness (QED) is 0.605. The van der Waals surface area contributed by atoms with E-state index in [1.165, 1.54) is 0 Å². The third kappa shape index (κ3) is 2.57. The van der Waals surface area contributed by atoms with Crippen LogP contribution in [0.1, 0.15) is 6.92 Å². The smallest absolute Gasteiger partial charge is 0.317 e. The molecule has 0 aliphatic carbocycles. The molecule has 1 saturated heterocycles. The van der Waals surface area contributed by atoms with E-state index >= 15 is 0 Å². The molecule has 2 amide bonds. The molecule has 5 nitrogen and oxygen atoms in total. The molecule has 1 aliphatic rings. The molecule has 0 aromatic heterocycles. The van der Waals surface area contributed by atoms with Gasteiger partial charge in [0.15, 0.2) is 0 Å². The molecule has 0 radical (unpaired) electrons. The summed E-state index contributed by atoms with van der Waals surface area (Å²) in [6.45, 7) is 4.79. The Balaban J connectivity index is 2.48. The summed E-state index contributed by atoms with van der Waals surface area (Å²) < 4.78 is 5.23. The van der Waals surface area contributed by atoms with Crippen molar-refractivity contribution in [2.45, 2.75) is 13.0 Å². The lowest BCUT2D eigenvalue weighted by molar-refractivity contribution is 0.0158. The maximum absolute atomic E-state index is 11.5. The first-order valence-electron chi connectivity index (χ1n) is 4.61. The van der Waals surface area contributed by atoms with Crippen molar-refractivity contribution in [1.29, 1.82) is 0 Å². The predicted molar refractivity (Wildman–Crippen MR) is 49.4 cm³/mol. The van der Waals surface area contributed by atoms with Crippen molar-refractivity contribution in [1.82, 2.24) is 10.2 Å². The number of nitrogens with two attached hydrogens (primary N) is 1. The van der Waals surface area contributed by atoms with Crippen LogP contribution in [-0.4, -0.2) is 49.8 Å². The number of carbonyl (C=O) groups excluding carboxylic acids is 1. The fourth-order valence-corrected chi connectivity index (χ4v) is 1.37. The topological polar surface area (TPSA) is 67.6 Å². The maximum Gasteiger partial charge on any atom is 0.317 e. The lowest BCUT2D eigenvalue weighted by Crippen LogP contribution is -2.55. The van der Waals surface area contributed by atoms with E-state index in [1.54, 1.807) is 4.90 Å². The Kier molecular flexibility index (Phi) is 3.98. The van der Waals surface area contributed by atoms with Gasteiger partial charge in [-0.05, 0) is 6.92 Å². The zero-order chi connectivity index (χ0) is 9.68. The molecule has 1 aliphatic heterocycles. The largest absolute Gasteiger partial charge is 0.377 e. The van der Waals surface area contributed by atoms with Crippen LogP contribution < -0.4 is 11.1 Å². The van der Waals surface area contributed by atoms with Gasteiger partial charge in [0.25, 0.3) is 0 Å². The van der Waals surface area contributed by atoms with Crippen molar-refractivity contribution < 1.29 is 9.53 Å². The summed E-state index contributed by atoms with van der Waals surface area (Å²) in [6.07, 6.45) is 0. The van der Waals surface area contributed by atoms with Crippen molar-refractivity contribution in [2.75, 3.05) is 32.8 Å². The van der Waals surface area contributed by atoms with E-state index in [4.69, 9.17) is 10.5 Å². The molecule has 5 heteroatoms. The summed E-state index contributed by atoms with van der Waals surface area (Å²) in [5, 5.41) is 2.76. The minimum atomic E-state index is -0.0405. The van der Waals surface area contributed by atoms with Crippen LogP contribution in [0.25, 0.3) is 0 Å². The Morgan fingerprint density at radius 3 is 3.15 bits per heavy atom. The van der Waals surface area contributed by atoms with Gasteiger partial charge in [0.05, 0.1) is 19.3 Å². The number of nitrogens with zero attached hydrogens (tertiary/aromatic N) is 1. The van der Waals surface area contributed by atoms with Crippen molar-refractivity contribution in [3.63, 3.8) is 0 Å². The van der Waals surface area contributed by atoms with Crippen LogP contribution in [-0.2, 0) is 4.74 Å². The lowest BCUT2D eigenvalue weighted by Gasteiger charge is -2.34. The Hall–Kier alpha value is -0.810. The normalized spacial score (nSPS) is 22.9. The van der Waals surface area contributed by atoms with Crippen LogP contribution >= 0.6 is 0 Å².